The number of likely N-dealkylation sites (N-methyl/N-ethyl adjacent to an activating group) is 1. The van der Waals surface area contributed by atoms with E-state index in [-0.39, 0.29) is 18.3 Å². The predicted octanol–water partition coefficient (Wildman–Crippen LogP) is 4.82. The molecule has 2 atom stereocenters. The Balaban J connectivity index is 0.00000225. The largest absolute Gasteiger partial charge is 0.341 e. The monoisotopic (exact) mass is 404 g/mol. The first-order valence-corrected chi connectivity index (χ1v) is 9.75. The van der Waals surface area contributed by atoms with Gasteiger partial charge in [0.2, 0.25) is 5.91 Å². The molecule has 0 radical (unpaired) electrons. The van der Waals surface area contributed by atoms with E-state index in [4.69, 9.17) is 23.2 Å². The van der Waals surface area contributed by atoms with Gasteiger partial charge in [-0.3, -0.25) is 9.69 Å². The summed E-state index contributed by atoms with van der Waals surface area (Å²) in [5.41, 5.74) is 0.926. The molecule has 140 valence electrons. The average Bonchev–Trinajstić information content (AvgIpc) is 3.12. The van der Waals surface area contributed by atoms with Crippen LogP contribution in [0.4, 0.5) is 0 Å². The van der Waals surface area contributed by atoms with Gasteiger partial charge < -0.3 is 4.90 Å². The first-order chi connectivity index (χ1) is 11.6. The molecule has 2 aliphatic rings. The lowest BCUT2D eigenvalue weighted by Gasteiger charge is -2.42. The van der Waals surface area contributed by atoms with Crippen molar-refractivity contribution >= 4 is 41.5 Å². The van der Waals surface area contributed by atoms with Crippen LogP contribution in [0.3, 0.4) is 0 Å². The van der Waals surface area contributed by atoms with Gasteiger partial charge in [0.25, 0.3) is 0 Å². The molecule has 1 saturated carbocycles. The van der Waals surface area contributed by atoms with Gasteiger partial charge in [-0.05, 0) is 56.5 Å². The molecule has 1 saturated heterocycles. The zero-order valence-corrected chi connectivity index (χ0v) is 17.0. The van der Waals surface area contributed by atoms with Crippen LogP contribution in [0.1, 0.15) is 44.1 Å². The fourth-order valence-corrected chi connectivity index (χ4v) is 4.50. The highest BCUT2D eigenvalue weighted by Crippen LogP contribution is 2.29. The first-order valence-electron chi connectivity index (χ1n) is 9.00. The Hall–Kier alpha value is -0.480. The molecular formula is C19H27Cl3N2O. The van der Waals surface area contributed by atoms with Crippen LogP contribution in [-0.4, -0.2) is 47.9 Å². The van der Waals surface area contributed by atoms with Crippen LogP contribution in [0.5, 0.6) is 0 Å². The Morgan fingerprint density at radius 1 is 1.12 bits per heavy atom. The molecule has 1 amide bonds. The second-order valence-electron chi connectivity index (χ2n) is 7.09. The van der Waals surface area contributed by atoms with E-state index in [9.17, 15) is 4.79 Å². The summed E-state index contributed by atoms with van der Waals surface area (Å²) in [5.74, 6) is 0.171. The highest BCUT2D eigenvalue weighted by atomic mass is 35.5. The second-order valence-corrected chi connectivity index (χ2v) is 7.91. The van der Waals surface area contributed by atoms with E-state index in [1.54, 1.807) is 12.1 Å². The molecule has 0 N–H and O–H groups in total. The highest BCUT2D eigenvalue weighted by Gasteiger charge is 2.35. The predicted molar refractivity (Wildman–Crippen MR) is 107 cm³/mol. The number of halogens is 3. The van der Waals surface area contributed by atoms with E-state index >= 15 is 0 Å². The number of nitrogens with zero attached hydrogens (tertiary/aromatic N) is 2. The fraction of sp³-hybridized carbons (Fsp3) is 0.632. The quantitative estimate of drug-likeness (QED) is 0.716. The van der Waals surface area contributed by atoms with Crippen LogP contribution in [0.25, 0.3) is 0 Å². The smallest absolute Gasteiger partial charge is 0.227 e. The van der Waals surface area contributed by atoms with E-state index in [1.165, 1.54) is 45.2 Å². The molecule has 0 aromatic heterocycles. The van der Waals surface area contributed by atoms with Gasteiger partial charge in [-0.25, -0.2) is 0 Å². The minimum absolute atomic E-state index is 0. The molecule has 1 aliphatic carbocycles. The summed E-state index contributed by atoms with van der Waals surface area (Å²) in [5, 5.41) is 1.04. The summed E-state index contributed by atoms with van der Waals surface area (Å²) in [6.45, 7) is 2.38. The van der Waals surface area contributed by atoms with Crippen molar-refractivity contribution in [2.75, 3.05) is 20.1 Å². The van der Waals surface area contributed by atoms with Gasteiger partial charge in [-0.2, -0.15) is 0 Å². The molecule has 6 heteroatoms. The molecule has 2 fully saturated rings. The zero-order valence-electron chi connectivity index (χ0n) is 14.7. The number of rotatable bonds is 4. The normalized spacial score (nSPS) is 24.0. The van der Waals surface area contributed by atoms with Crippen molar-refractivity contribution in [3.05, 3.63) is 33.8 Å². The molecule has 1 aromatic carbocycles. The Kier molecular flexibility index (Phi) is 7.88. The van der Waals surface area contributed by atoms with Crippen LogP contribution >= 0.6 is 35.6 Å². The summed E-state index contributed by atoms with van der Waals surface area (Å²) >= 11 is 12.0. The van der Waals surface area contributed by atoms with Crippen LogP contribution < -0.4 is 0 Å². The minimum atomic E-state index is 0. The Labute approximate surface area is 167 Å². The van der Waals surface area contributed by atoms with Crippen molar-refractivity contribution in [1.82, 2.24) is 9.80 Å². The molecule has 0 bridgehead atoms. The van der Waals surface area contributed by atoms with Crippen molar-refractivity contribution in [3.63, 3.8) is 0 Å². The molecule has 25 heavy (non-hydrogen) atoms. The van der Waals surface area contributed by atoms with Crippen LogP contribution in [0.15, 0.2) is 18.2 Å². The molecule has 3 nitrogen and oxygen atoms in total. The maximum absolute atomic E-state index is 12.8. The number of carbonyl (C=O) groups excluding carboxylic acids is 1. The summed E-state index contributed by atoms with van der Waals surface area (Å²) < 4.78 is 0. The SMILES string of the molecule is CN(C(=O)Cc1ccc(Cl)c(Cl)c1)[C@@H]1CCCC[C@H]1N1CCCC1.Cl. The van der Waals surface area contributed by atoms with Gasteiger partial charge >= 0.3 is 0 Å². The number of hydrogen-bond acceptors (Lipinski definition) is 2. The number of hydrogen-bond donors (Lipinski definition) is 0. The maximum Gasteiger partial charge on any atom is 0.227 e. The van der Waals surface area contributed by atoms with Crippen LogP contribution in [0.2, 0.25) is 10.0 Å². The fourth-order valence-electron chi connectivity index (χ4n) is 4.18. The lowest BCUT2D eigenvalue weighted by atomic mass is 9.88. The van der Waals surface area contributed by atoms with Gasteiger partial charge in [0, 0.05) is 19.1 Å². The van der Waals surface area contributed by atoms with Crippen molar-refractivity contribution in [2.45, 2.75) is 57.0 Å². The number of benzene rings is 1. The van der Waals surface area contributed by atoms with Crippen molar-refractivity contribution in [3.8, 4) is 0 Å². The minimum Gasteiger partial charge on any atom is -0.341 e. The summed E-state index contributed by atoms with van der Waals surface area (Å²) in [7, 11) is 1.97. The van der Waals surface area contributed by atoms with Gasteiger partial charge in [-0.1, -0.05) is 42.1 Å². The van der Waals surface area contributed by atoms with E-state index in [0.29, 0.717) is 28.5 Å². The van der Waals surface area contributed by atoms with E-state index < -0.39 is 0 Å². The Morgan fingerprint density at radius 2 is 1.80 bits per heavy atom. The first kappa shape index (κ1) is 20.8. The third-order valence-electron chi connectivity index (χ3n) is 5.53. The van der Waals surface area contributed by atoms with Gasteiger partial charge in [0.15, 0.2) is 0 Å². The van der Waals surface area contributed by atoms with E-state index in [1.807, 2.05) is 18.0 Å². The summed E-state index contributed by atoms with van der Waals surface area (Å²) in [6.07, 6.45) is 7.82. The van der Waals surface area contributed by atoms with Gasteiger partial charge in [0.05, 0.1) is 16.5 Å². The van der Waals surface area contributed by atoms with Crippen LogP contribution in [-0.2, 0) is 11.2 Å². The maximum atomic E-state index is 12.8. The molecule has 3 rings (SSSR count). The lowest BCUT2D eigenvalue weighted by molar-refractivity contribution is -0.133. The average molecular weight is 406 g/mol. The van der Waals surface area contributed by atoms with Gasteiger partial charge in [0.1, 0.15) is 0 Å². The zero-order chi connectivity index (χ0) is 17.1. The summed E-state index contributed by atoms with van der Waals surface area (Å²) in [4.78, 5) is 17.4. The highest BCUT2D eigenvalue weighted by molar-refractivity contribution is 6.42. The molecule has 1 heterocycles. The number of likely N-dealkylation sites (tertiary alicyclic amines) is 1. The molecule has 0 unspecified atom stereocenters. The number of amides is 1. The van der Waals surface area contributed by atoms with Crippen molar-refractivity contribution in [2.24, 2.45) is 0 Å². The molecular weight excluding hydrogens is 379 g/mol. The van der Waals surface area contributed by atoms with E-state index in [0.717, 1.165) is 12.0 Å². The van der Waals surface area contributed by atoms with Crippen molar-refractivity contribution < 1.29 is 4.79 Å². The lowest BCUT2D eigenvalue weighted by Crippen LogP contribution is -2.53. The van der Waals surface area contributed by atoms with Crippen LogP contribution in [0, 0.1) is 0 Å². The third kappa shape index (κ3) is 5.03. The second kappa shape index (κ2) is 9.45. The van der Waals surface area contributed by atoms with E-state index in [2.05, 4.69) is 4.90 Å². The number of carbonyl (C=O) groups is 1. The Bertz CT molecular complexity index is 590. The standard InChI is InChI=1S/C19H26Cl2N2O.ClH/c1-22(19(24)13-14-8-9-15(20)16(21)12-14)17-6-2-3-7-18(17)23-10-4-5-11-23;/h8-9,12,17-18H,2-7,10-11,13H2,1H3;1H/t17-,18-;/m1./s1. The molecule has 1 aliphatic heterocycles. The molecule has 1 aromatic rings. The van der Waals surface area contributed by atoms with Crippen molar-refractivity contribution in [1.29, 1.82) is 0 Å². The molecule has 0 spiro atoms. The topological polar surface area (TPSA) is 23.6 Å². The van der Waals surface area contributed by atoms with Gasteiger partial charge in [-0.15, -0.1) is 12.4 Å². The Morgan fingerprint density at radius 3 is 2.48 bits per heavy atom. The summed E-state index contributed by atoms with van der Waals surface area (Å²) in [6, 6.07) is 6.32. The third-order valence-corrected chi connectivity index (χ3v) is 6.27.